The molecule has 0 unspecified atom stereocenters. The van der Waals surface area contributed by atoms with Gasteiger partial charge in [-0.25, -0.2) is 14.8 Å². The average Bonchev–Trinajstić information content (AvgIpc) is 3.18. The number of methoxy groups -OCH3 is 2. The Bertz CT molecular complexity index is 818. The zero-order chi connectivity index (χ0) is 20.5. The quantitative estimate of drug-likeness (QED) is 0.399. The Labute approximate surface area is 170 Å². The lowest BCUT2D eigenvalue weighted by molar-refractivity contribution is 0.0597. The smallest absolute Gasteiger partial charge is 0.341 e. The molecule has 0 aliphatic rings. The van der Waals surface area contributed by atoms with Crippen LogP contribution in [-0.4, -0.2) is 37.7 Å². The molecule has 8 heteroatoms. The number of aliphatic imine (C=N–C) groups is 1. The highest BCUT2D eigenvalue weighted by Gasteiger charge is 2.13. The van der Waals surface area contributed by atoms with Crippen LogP contribution in [0, 0.1) is 0 Å². The van der Waals surface area contributed by atoms with Crippen molar-refractivity contribution in [2.75, 3.05) is 20.8 Å². The molecule has 1 aromatic carbocycles. The third-order valence-corrected chi connectivity index (χ3v) is 4.87. The van der Waals surface area contributed by atoms with Gasteiger partial charge in [0, 0.05) is 11.9 Å². The van der Waals surface area contributed by atoms with Crippen LogP contribution in [0.5, 0.6) is 5.75 Å². The van der Waals surface area contributed by atoms with E-state index in [-0.39, 0.29) is 0 Å². The number of carbonyl (C=O) groups excluding carboxylic acids is 1. The normalized spacial score (nSPS) is 11.4. The predicted octanol–water partition coefficient (Wildman–Crippen LogP) is 3.32. The Morgan fingerprint density at radius 1 is 1.29 bits per heavy atom. The lowest BCUT2D eigenvalue weighted by atomic mass is 10.1. The topological polar surface area (TPSA) is 84.8 Å². The molecule has 1 aromatic heterocycles. The fourth-order valence-electron chi connectivity index (χ4n) is 2.47. The molecule has 0 saturated carbocycles. The Balaban J connectivity index is 2.07. The van der Waals surface area contributed by atoms with Gasteiger partial charge in [-0.3, -0.25) is 0 Å². The van der Waals surface area contributed by atoms with Gasteiger partial charge < -0.3 is 20.1 Å². The molecule has 2 N–H and O–H groups in total. The van der Waals surface area contributed by atoms with Crippen molar-refractivity contribution in [3.63, 3.8) is 0 Å². The summed E-state index contributed by atoms with van der Waals surface area (Å²) in [5.74, 6) is 1.16. The Morgan fingerprint density at radius 2 is 2.07 bits per heavy atom. The number of benzene rings is 1. The highest BCUT2D eigenvalue weighted by atomic mass is 32.1. The molecular weight excluding hydrogens is 376 g/mol. The van der Waals surface area contributed by atoms with Crippen LogP contribution in [0.3, 0.4) is 0 Å². The molecule has 0 aliphatic heterocycles. The minimum absolute atomic E-state index is 0.389. The van der Waals surface area contributed by atoms with Gasteiger partial charge in [-0.2, -0.15) is 0 Å². The van der Waals surface area contributed by atoms with Gasteiger partial charge in [0.2, 0.25) is 0 Å². The number of nitrogens with one attached hydrogen (secondary N) is 2. The number of guanidine groups is 1. The van der Waals surface area contributed by atoms with E-state index in [2.05, 4.69) is 39.8 Å². The molecular formula is C20H28N4O3S. The maximum absolute atomic E-state index is 11.9. The van der Waals surface area contributed by atoms with Crippen molar-refractivity contribution < 1.29 is 14.3 Å². The van der Waals surface area contributed by atoms with Crippen molar-refractivity contribution in [3.8, 4) is 5.75 Å². The number of hydrogen-bond donors (Lipinski definition) is 2. The fourth-order valence-corrected chi connectivity index (χ4v) is 3.36. The SMILES string of the molecule is CCNC(=NCc1ccc(OC)c(C(=O)OC)c1)NCc1nc(C(C)C)cs1. The largest absolute Gasteiger partial charge is 0.496 e. The summed E-state index contributed by atoms with van der Waals surface area (Å²) in [7, 11) is 2.87. The molecule has 0 aliphatic carbocycles. The number of ether oxygens (including phenoxy) is 2. The van der Waals surface area contributed by atoms with Crippen LogP contribution in [0.2, 0.25) is 0 Å². The summed E-state index contributed by atoms with van der Waals surface area (Å²) in [6, 6.07) is 5.38. The molecule has 0 spiro atoms. The van der Waals surface area contributed by atoms with E-state index in [1.807, 2.05) is 13.0 Å². The monoisotopic (exact) mass is 404 g/mol. The zero-order valence-electron chi connectivity index (χ0n) is 17.0. The molecule has 0 fully saturated rings. The molecule has 0 atom stereocenters. The van der Waals surface area contributed by atoms with Gasteiger partial charge in [0.25, 0.3) is 0 Å². The number of esters is 1. The van der Waals surface area contributed by atoms with Gasteiger partial charge >= 0.3 is 5.97 Å². The summed E-state index contributed by atoms with van der Waals surface area (Å²) in [5, 5.41) is 9.64. The summed E-state index contributed by atoms with van der Waals surface area (Å²) < 4.78 is 10.0. The van der Waals surface area contributed by atoms with E-state index in [9.17, 15) is 4.79 Å². The molecule has 0 amide bonds. The van der Waals surface area contributed by atoms with Gasteiger partial charge in [0.15, 0.2) is 5.96 Å². The van der Waals surface area contributed by atoms with Crippen LogP contribution in [0.1, 0.15) is 53.3 Å². The first-order valence-corrected chi connectivity index (χ1v) is 10.1. The summed E-state index contributed by atoms with van der Waals surface area (Å²) in [4.78, 5) is 21.2. The van der Waals surface area contributed by atoms with Crippen molar-refractivity contribution in [2.24, 2.45) is 4.99 Å². The summed E-state index contributed by atoms with van der Waals surface area (Å²) in [6.45, 7) is 8.05. The molecule has 1 heterocycles. The molecule has 2 aromatic rings. The Morgan fingerprint density at radius 3 is 2.68 bits per heavy atom. The van der Waals surface area contributed by atoms with E-state index < -0.39 is 5.97 Å². The molecule has 7 nitrogen and oxygen atoms in total. The maximum Gasteiger partial charge on any atom is 0.341 e. The molecule has 0 saturated heterocycles. The number of hydrogen-bond acceptors (Lipinski definition) is 6. The predicted molar refractivity (Wildman–Crippen MR) is 112 cm³/mol. The fraction of sp³-hybridized carbons (Fsp3) is 0.450. The first-order chi connectivity index (χ1) is 13.5. The number of aromatic nitrogens is 1. The third-order valence-electron chi connectivity index (χ3n) is 4.00. The third kappa shape index (κ3) is 5.95. The van der Waals surface area contributed by atoms with Gasteiger partial charge in [0.1, 0.15) is 16.3 Å². The van der Waals surface area contributed by atoms with E-state index in [1.54, 1.807) is 23.5 Å². The van der Waals surface area contributed by atoms with E-state index in [4.69, 9.17) is 9.47 Å². The molecule has 28 heavy (non-hydrogen) atoms. The van der Waals surface area contributed by atoms with Crippen molar-refractivity contribution in [3.05, 3.63) is 45.4 Å². The van der Waals surface area contributed by atoms with Gasteiger partial charge in [0.05, 0.1) is 33.0 Å². The Hall–Kier alpha value is -2.61. The minimum Gasteiger partial charge on any atom is -0.496 e. The van der Waals surface area contributed by atoms with Crippen LogP contribution >= 0.6 is 11.3 Å². The van der Waals surface area contributed by atoms with Crippen molar-refractivity contribution in [2.45, 2.75) is 39.8 Å². The van der Waals surface area contributed by atoms with E-state index in [0.717, 1.165) is 22.8 Å². The lowest BCUT2D eigenvalue weighted by Crippen LogP contribution is -2.36. The summed E-state index contributed by atoms with van der Waals surface area (Å²) in [5.41, 5.74) is 2.38. The first-order valence-electron chi connectivity index (χ1n) is 9.20. The summed E-state index contributed by atoms with van der Waals surface area (Å²) >= 11 is 1.64. The van der Waals surface area contributed by atoms with Crippen molar-refractivity contribution in [1.82, 2.24) is 15.6 Å². The van der Waals surface area contributed by atoms with E-state index in [0.29, 0.717) is 36.3 Å². The minimum atomic E-state index is -0.433. The molecule has 2 rings (SSSR count). The highest BCUT2D eigenvalue weighted by molar-refractivity contribution is 7.09. The number of thiazole rings is 1. The van der Waals surface area contributed by atoms with Crippen LogP contribution < -0.4 is 15.4 Å². The molecule has 0 radical (unpaired) electrons. The molecule has 152 valence electrons. The maximum atomic E-state index is 11.9. The van der Waals surface area contributed by atoms with Gasteiger partial charge in [-0.1, -0.05) is 19.9 Å². The van der Waals surface area contributed by atoms with Crippen molar-refractivity contribution in [1.29, 1.82) is 0 Å². The molecule has 0 bridgehead atoms. The number of rotatable bonds is 8. The van der Waals surface area contributed by atoms with Crippen LogP contribution in [0.15, 0.2) is 28.6 Å². The van der Waals surface area contributed by atoms with E-state index in [1.165, 1.54) is 14.2 Å². The highest BCUT2D eigenvalue weighted by Crippen LogP contribution is 2.21. The Kier molecular flexibility index (Phi) is 8.25. The van der Waals surface area contributed by atoms with Crippen LogP contribution in [0.25, 0.3) is 0 Å². The van der Waals surface area contributed by atoms with Crippen LogP contribution in [-0.2, 0) is 17.8 Å². The second kappa shape index (κ2) is 10.7. The van der Waals surface area contributed by atoms with E-state index >= 15 is 0 Å². The van der Waals surface area contributed by atoms with Gasteiger partial charge in [-0.05, 0) is 30.5 Å². The first kappa shape index (κ1) is 21.7. The average molecular weight is 405 g/mol. The number of carbonyl (C=O) groups is 1. The number of nitrogens with zero attached hydrogens (tertiary/aromatic N) is 2. The lowest BCUT2D eigenvalue weighted by Gasteiger charge is -2.11. The van der Waals surface area contributed by atoms with Crippen LogP contribution in [0.4, 0.5) is 0 Å². The second-order valence-electron chi connectivity index (χ2n) is 6.40. The standard InChI is InChI=1S/C20H28N4O3S/c1-6-21-20(23-11-18-24-16(12-28-18)13(2)3)22-10-14-7-8-17(26-4)15(9-14)19(25)27-5/h7-9,12-13H,6,10-11H2,1-5H3,(H2,21,22,23). The summed E-state index contributed by atoms with van der Waals surface area (Å²) in [6.07, 6.45) is 0. The van der Waals surface area contributed by atoms with Crippen molar-refractivity contribution >= 4 is 23.3 Å². The second-order valence-corrected chi connectivity index (χ2v) is 7.34. The van der Waals surface area contributed by atoms with Gasteiger partial charge in [-0.15, -0.1) is 11.3 Å². The zero-order valence-corrected chi connectivity index (χ0v) is 17.9.